The third kappa shape index (κ3) is 3.01. The molecule has 17 heavy (non-hydrogen) atoms. The molecule has 0 atom stereocenters. The van der Waals surface area contributed by atoms with Gasteiger partial charge in [-0.3, -0.25) is 0 Å². The van der Waals surface area contributed by atoms with Crippen LogP contribution in [0.4, 0.5) is 5.69 Å². The fourth-order valence-electron chi connectivity index (χ4n) is 2.21. The van der Waals surface area contributed by atoms with Gasteiger partial charge in [0.2, 0.25) is 0 Å². The molecule has 1 N–H and O–H groups in total. The van der Waals surface area contributed by atoms with Gasteiger partial charge in [0, 0.05) is 11.1 Å². The standard InChI is InChI=1S/C13H16Cl3N/c1-7(2)8-3-10(4-8)17-13-11(15)5-9(14)6-12(13)16/h5-8,10,17H,3-4H2,1-2H3. The predicted molar refractivity (Wildman–Crippen MR) is 76.4 cm³/mol. The molecule has 1 aliphatic rings. The van der Waals surface area contributed by atoms with Crippen molar-refractivity contribution in [2.24, 2.45) is 11.8 Å². The van der Waals surface area contributed by atoms with Crippen molar-refractivity contribution in [1.29, 1.82) is 0 Å². The summed E-state index contributed by atoms with van der Waals surface area (Å²) in [5.41, 5.74) is 0.810. The number of anilines is 1. The van der Waals surface area contributed by atoms with E-state index in [2.05, 4.69) is 19.2 Å². The van der Waals surface area contributed by atoms with Crippen LogP contribution in [0, 0.1) is 11.8 Å². The van der Waals surface area contributed by atoms with Crippen LogP contribution >= 0.6 is 34.8 Å². The van der Waals surface area contributed by atoms with E-state index in [1.807, 2.05) is 0 Å². The van der Waals surface area contributed by atoms with E-state index in [-0.39, 0.29) is 0 Å². The lowest BCUT2D eigenvalue weighted by Gasteiger charge is -2.39. The molecule has 0 heterocycles. The first kappa shape index (κ1) is 13.3. The number of hydrogen-bond acceptors (Lipinski definition) is 1. The van der Waals surface area contributed by atoms with Crippen LogP contribution in [0.1, 0.15) is 26.7 Å². The van der Waals surface area contributed by atoms with Gasteiger partial charge >= 0.3 is 0 Å². The second kappa shape index (κ2) is 5.26. The molecule has 1 aromatic rings. The molecule has 1 fully saturated rings. The molecule has 1 aliphatic carbocycles. The zero-order valence-corrected chi connectivity index (χ0v) is 12.2. The molecule has 0 saturated heterocycles. The first-order valence-electron chi connectivity index (χ1n) is 5.88. The average molecular weight is 293 g/mol. The molecule has 0 aromatic heterocycles. The monoisotopic (exact) mass is 291 g/mol. The van der Waals surface area contributed by atoms with E-state index in [1.54, 1.807) is 12.1 Å². The summed E-state index contributed by atoms with van der Waals surface area (Å²) in [6, 6.07) is 3.92. The Morgan fingerprint density at radius 2 is 1.65 bits per heavy atom. The summed E-state index contributed by atoms with van der Waals surface area (Å²) in [6.07, 6.45) is 2.37. The highest BCUT2D eigenvalue weighted by Gasteiger charge is 2.31. The van der Waals surface area contributed by atoms with Gasteiger partial charge in [-0.2, -0.15) is 0 Å². The van der Waals surface area contributed by atoms with Crippen molar-refractivity contribution < 1.29 is 0 Å². The maximum absolute atomic E-state index is 6.13. The zero-order valence-electron chi connectivity index (χ0n) is 9.93. The van der Waals surface area contributed by atoms with Crippen LogP contribution in [-0.2, 0) is 0 Å². The highest BCUT2D eigenvalue weighted by Crippen LogP contribution is 2.39. The number of halogens is 3. The van der Waals surface area contributed by atoms with E-state index in [4.69, 9.17) is 34.8 Å². The molecule has 1 nitrogen and oxygen atoms in total. The SMILES string of the molecule is CC(C)C1CC(Nc2c(Cl)cc(Cl)cc2Cl)C1. The van der Waals surface area contributed by atoms with Crippen molar-refractivity contribution in [1.82, 2.24) is 0 Å². The van der Waals surface area contributed by atoms with Gasteiger partial charge in [-0.05, 0) is 36.8 Å². The van der Waals surface area contributed by atoms with E-state index >= 15 is 0 Å². The molecular formula is C13H16Cl3N. The van der Waals surface area contributed by atoms with Crippen LogP contribution in [0.2, 0.25) is 15.1 Å². The largest absolute Gasteiger partial charge is 0.380 e. The van der Waals surface area contributed by atoms with Crippen LogP contribution in [-0.4, -0.2) is 6.04 Å². The lowest BCUT2D eigenvalue weighted by atomic mass is 9.73. The molecule has 2 rings (SSSR count). The topological polar surface area (TPSA) is 12.0 Å². The summed E-state index contributed by atoms with van der Waals surface area (Å²) in [7, 11) is 0. The van der Waals surface area contributed by atoms with Crippen molar-refractivity contribution in [2.45, 2.75) is 32.7 Å². The van der Waals surface area contributed by atoms with Crippen molar-refractivity contribution in [3.63, 3.8) is 0 Å². The van der Waals surface area contributed by atoms with Crippen molar-refractivity contribution in [3.05, 3.63) is 27.2 Å². The molecule has 4 heteroatoms. The molecule has 0 bridgehead atoms. The van der Waals surface area contributed by atoms with Gasteiger partial charge in [-0.15, -0.1) is 0 Å². The van der Waals surface area contributed by atoms with Crippen molar-refractivity contribution in [3.8, 4) is 0 Å². The van der Waals surface area contributed by atoms with E-state index in [9.17, 15) is 0 Å². The zero-order chi connectivity index (χ0) is 12.6. The third-order valence-corrected chi connectivity index (χ3v) is 4.29. The van der Waals surface area contributed by atoms with Gasteiger partial charge in [0.1, 0.15) is 0 Å². The normalized spacial score (nSPS) is 23.6. The summed E-state index contributed by atoms with van der Waals surface area (Å²) in [4.78, 5) is 0. The smallest absolute Gasteiger partial charge is 0.0722 e. The van der Waals surface area contributed by atoms with E-state index < -0.39 is 0 Å². The van der Waals surface area contributed by atoms with Crippen LogP contribution in [0.5, 0.6) is 0 Å². The van der Waals surface area contributed by atoms with Gasteiger partial charge in [0.25, 0.3) is 0 Å². The Bertz CT molecular complexity index is 388. The van der Waals surface area contributed by atoms with E-state index in [0.29, 0.717) is 21.1 Å². The molecule has 0 spiro atoms. The Kier molecular flexibility index (Phi) is 4.12. The maximum atomic E-state index is 6.13. The molecule has 1 aromatic carbocycles. The summed E-state index contributed by atoms with van der Waals surface area (Å²) >= 11 is 18.1. The second-order valence-electron chi connectivity index (χ2n) is 5.06. The van der Waals surface area contributed by atoms with Gasteiger partial charge < -0.3 is 5.32 Å². The summed E-state index contributed by atoms with van der Waals surface area (Å²) in [6.45, 7) is 4.53. The lowest BCUT2D eigenvalue weighted by molar-refractivity contribution is 0.212. The Hall–Kier alpha value is -0.110. The molecular weight excluding hydrogens is 277 g/mol. The highest BCUT2D eigenvalue weighted by molar-refractivity contribution is 6.41. The number of rotatable bonds is 3. The highest BCUT2D eigenvalue weighted by atomic mass is 35.5. The Morgan fingerprint density at radius 3 is 2.12 bits per heavy atom. The summed E-state index contributed by atoms with van der Waals surface area (Å²) in [5, 5.41) is 5.16. The third-order valence-electron chi connectivity index (χ3n) is 3.47. The van der Waals surface area contributed by atoms with Crippen LogP contribution in [0.25, 0.3) is 0 Å². The number of hydrogen-bond donors (Lipinski definition) is 1. The summed E-state index contributed by atoms with van der Waals surface area (Å²) in [5.74, 6) is 1.57. The van der Waals surface area contributed by atoms with Crippen molar-refractivity contribution in [2.75, 3.05) is 5.32 Å². The predicted octanol–water partition coefficient (Wildman–Crippen LogP) is 5.49. The molecule has 0 amide bonds. The maximum Gasteiger partial charge on any atom is 0.0722 e. The van der Waals surface area contributed by atoms with Gasteiger partial charge in [0.15, 0.2) is 0 Å². The van der Waals surface area contributed by atoms with E-state index in [0.717, 1.165) is 17.5 Å². The van der Waals surface area contributed by atoms with Crippen LogP contribution < -0.4 is 5.32 Å². The minimum absolute atomic E-state index is 0.485. The quantitative estimate of drug-likeness (QED) is 0.776. The molecule has 94 valence electrons. The van der Waals surface area contributed by atoms with Crippen LogP contribution in [0.15, 0.2) is 12.1 Å². The Balaban J connectivity index is 2.01. The number of nitrogens with one attached hydrogen (secondary N) is 1. The van der Waals surface area contributed by atoms with Crippen molar-refractivity contribution >= 4 is 40.5 Å². The first-order valence-corrected chi connectivity index (χ1v) is 7.02. The number of benzene rings is 1. The summed E-state index contributed by atoms with van der Waals surface area (Å²) < 4.78 is 0. The lowest BCUT2D eigenvalue weighted by Crippen LogP contribution is -2.38. The molecule has 0 aliphatic heterocycles. The van der Waals surface area contributed by atoms with Gasteiger partial charge in [-0.1, -0.05) is 48.7 Å². The second-order valence-corrected chi connectivity index (χ2v) is 6.31. The fraction of sp³-hybridized carbons (Fsp3) is 0.538. The minimum atomic E-state index is 0.485. The van der Waals surface area contributed by atoms with E-state index in [1.165, 1.54) is 12.8 Å². The Morgan fingerprint density at radius 1 is 1.12 bits per heavy atom. The minimum Gasteiger partial charge on any atom is -0.380 e. The first-order chi connectivity index (χ1) is 7.97. The Labute approximate surface area is 117 Å². The molecule has 1 saturated carbocycles. The molecule has 0 unspecified atom stereocenters. The van der Waals surface area contributed by atoms with Gasteiger partial charge in [0.05, 0.1) is 15.7 Å². The molecule has 0 radical (unpaired) electrons. The van der Waals surface area contributed by atoms with Crippen LogP contribution in [0.3, 0.4) is 0 Å². The fourth-order valence-corrected chi connectivity index (χ4v) is 3.13. The average Bonchev–Trinajstić information content (AvgIpc) is 2.12. The van der Waals surface area contributed by atoms with Gasteiger partial charge in [-0.25, -0.2) is 0 Å².